The Bertz CT molecular complexity index is 1080. The monoisotopic (exact) mass is 415 g/mol. The number of hydrogen-bond acceptors (Lipinski definition) is 4. The summed E-state index contributed by atoms with van der Waals surface area (Å²) < 4.78 is 27.7. The highest BCUT2D eigenvalue weighted by Crippen LogP contribution is 2.40. The molecule has 0 saturated heterocycles. The highest BCUT2D eigenvalue weighted by Gasteiger charge is 2.38. The number of hydrazone groups is 1. The third-order valence-electron chi connectivity index (χ3n) is 4.97. The lowest BCUT2D eigenvalue weighted by molar-refractivity contribution is 0.0953. The third-order valence-corrected chi connectivity index (χ3v) is 6.60. The Morgan fingerprint density at radius 3 is 2.68 bits per heavy atom. The number of carbonyl (C=O) groups is 1. The minimum Gasteiger partial charge on any atom is -0.280 e. The van der Waals surface area contributed by atoms with Gasteiger partial charge in [0.1, 0.15) is 0 Å². The van der Waals surface area contributed by atoms with E-state index in [1.165, 1.54) is 18.2 Å². The van der Waals surface area contributed by atoms with Crippen LogP contribution in [0.1, 0.15) is 23.2 Å². The van der Waals surface area contributed by atoms with Crippen LogP contribution in [0.2, 0.25) is 5.02 Å². The van der Waals surface area contributed by atoms with Gasteiger partial charge in [0.05, 0.1) is 4.90 Å². The molecule has 0 aromatic heterocycles. The Labute approximate surface area is 168 Å². The summed E-state index contributed by atoms with van der Waals surface area (Å²) in [6, 6.07) is 12.2. The van der Waals surface area contributed by atoms with Crippen molar-refractivity contribution in [3.05, 3.63) is 71.3 Å². The fourth-order valence-electron chi connectivity index (χ4n) is 3.39. The Morgan fingerprint density at radius 2 is 1.93 bits per heavy atom. The van der Waals surface area contributed by atoms with Gasteiger partial charge in [-0.15, -0.1) is 0 Å². The molecule has 0 heterocycles. The minimum absolute atomic E-state index is 0.00791. The van der Waals surface area contributed by atoms with E-state index in [9.17, 15) is 13.2 Å². The molecule has 0 spiro atoms. The van der Waals surface area contributed by atoms with Gasteiger partial charge >= 0.3 is 0 Å². The maximum atomic E-state index is 12.6. The van der Waals surface area contributed by atoms with E-state index in [1.807, 2.05) is 0 Å². The predicted molar refractivity (Wildman–Crippen MR) is 109 cm³/mol. The lowest BCUT2D eigenvalue weighted by Gasteiger charge is -2.31. The van der Waals surface area contributed by atoms with Crippen molar-refractivity contribution in [2.75, 3.05) is 4.72 Å². The number of carbonyl (C=O) groups excluding carboxylic acids is 1. The molecule has 2 aromatic rings. The summed E-state index contributed by atoms with van der Waals surface area (Å²) in [5, 5.41) is 4.72. The number of nitrogens with one attached hydrogen (secondary N) is 2. The van der Waals surface area contributed by atoms with E-state index in [0.717, 1.165) is 18.6 Å². The first-order valence-electron chi connectivity index (χ1n) is 8.84. The van der Waals surface area contributed by atoms with Crippen molar-refractivity contribution < 1.29 is 13.2 Å². The largest absolute Gasteiger partial charge is 0.280 e. The first-order valence-corrected chi connectivity index (χ1v) is 10.7. The second-order valence-corrected chi connectivity index (χ2v) is 8.94. The molecule has 1 amide bonds. The van der Waals surface area contributed by atoms with Crippen molar-refractivity contribution in [3.63, 3.8) is 0 Å². The molecule has 0 bridgehead atoms. The molecule has 2 aromatic carbocycles. The smallest absolute Gasteiger partial charge is 0.271 e. The standard InChI is InChI=1S/C20H18ClN3O3S/c21-15-7-9-16(10-8-15)24-28(26,27)17-5-1-4-14(11-17)20(25)23-22-19-12-13-3-2-6-18(13)19/h1-5,7-11,13,18,24H,6,12H2,(H,23,25)/b22-19-/t13-,18-/m0/s1. The number of fused-ring (bicyclic) bond motifs is 1. The van der Waals surface area contributed by atoms with E-state index in [1.54, 1.807) is 30.3 Å². The summed E-state index contributed by atoms with van der Waals surface area (Å²) in [5.41, 5.74) is 4.13. The fourth-order valence-corrected chi connectivity index (χ4v) is 4.62. The number of anilines is 1. The number of allylic oxidation sites excluding steroid dienone is 2. The van der Waals surface area contributed by atoms with Crippen LogP contribution in [-0.2, 0) is 10.0 Å². The summed E-state index contributed by atoms with van der Waals surface area (Å²) in [6.07, 6.45) is 6.15. The van der Waals surface area contributed by atoms with E-state index < -0.39 is 15.9 Å². The second-order valence-electron chi connectivity index (χ2n) is 6.82. The Morgan fingerprint density at radius 1 is 1.14 bits per heavy atom. The van der Waals surface area contributed by atoms with Gasteiger partial charge in [0.2, 0.25) is 0 Å². The molecule has 0 aliphatic heterocycles. The normalized spacial score (nSPS) is 21.8. The zero-order valence-corrected chi connectivity index (χ0v) is 16.4. The van der Waals surface area contributed by atoms with Gasteiger partial charge in [-0.1, -0.05) is 29.8 Å². The molecule has 2 atom stereocenters. The number of hydrogen-bond donors (Lipinski definition) is 2. The summed E-state index contributed by atoms with van der Waals surface area (Å²) in [6.45, 7) is 0. The molecule has 0 radical (unpaired) electrons. The van der Waals surface area contributed by atoms with Gasteiger partial charge in [0.25, 0.3) is 15.9 Å². The Balaban J connectivity index is 1.46. The van der Waals surface area contributed by atoms with Gasteiger partial charge in [-0.3, -0.25) is 9.52 Å². The van der Waals surface area contributed by atoms with Gasteiger partial charge in [0.15, 0.2) is 0 Å². The van der Waals surface area contributed by atoms with Crippen LogP contribution in [0.5, 0.6) is 0 Å². The van der Waals surface area contributed by atoms with Crippen LogP contribution in [0.3, 0.4) is 0 Å². The summed E-state index contributed by atoms with van der Waals surface area (Å²) in [4.78, 5) is 12.4. The third kappa shape index (κ3) is 3.81. The zero-order valence-electron chi connectivity index (χ0n) is 14.8. The van der Waals surface area contributed by atoms with Crippen molar-refractivity contribution in [2.45, 2.75) is 17.7 Å². The van der Waals surface area contributed by atoms with Crippen molar-refractivity contribution in [2.24, 2.45) is 16.9 Å². The number of nitrogens with zero attached hydrogens (tertiary/aromatic N) is 1. The van der Waals surface area contributed by atoms with Crippen LogP contribution in [0.25, 0.3) is 0 Å². The summed E-state index contributed by atoms with van der Waals surface area (Å²) >= 11 is 5.82. The number of amides is 1. The molecule has 2 aliphatic carbocycles. The van der Waals surface area contributed by atoms with Crippen LogP contribution in [-0.4, -0.2) is 20.0 Å². The van der Waals surface area contributed by atoms with Crippen molar-refractivity contribution in [1.82, 2.24) is 5.43 Å². The lowest BCUT2D eigenvalue weighted by atomic mass is 9.74. The molecule has 2 aliphatic rings. The molecule has 144 valence electrons. The topological polar surface area (TPSA) is 87.6 Å². The number of benzene rings is 2. The SMILES string of the molecule is O=C(N/N=C1/C[C@@H]2C=CC[C@H]12)c1cccc(S(=O)(=O)Nc2ccc(Cl)cc2)c1. The molecular formula is C20H18ClN3O3S. The Kier molecular flexibility index (Phi) is 4.95. The zero-order chi connectivity index (χ0) is 19.7. The molecule has 1 saturated carbocycles. The molecule has 28 heavy (non-hydrogen) atoms. The second kappa shape index (κ2) is 7.41. The van der Waals surface area contributed by atoms with Crippen molar-refractivity contribution in [1.29, 1.82) is 0 Å². The maximum Gasteiger partial charge on any atom is 0.271 e. The van der Waals surface area contributed by atoms with Gasteiger partial charge in [-0.25, -0.2) is 13.8 Å². The quantitative estimate of drug-likeness (QED) is 0.574. The fraction of sp³-hybridized carbons (Fsp3) is 0.200. The minimum atomic E-state index is -3.84. The average Bonchev–Trinajstić information content (AvgIpc) is 3.04. The predicted octanol–water partition coefficient (Wildman–Crippen LogP) is 3.82. The van der Waals surface area contributed by atoms with E-state index in [0.29, 0.717) is 22.5 Å². The summed E-state index contributed by atoms with van der Waals surface area (Å²) in [5.74, 6) is 0.504. The van der Waals surface area contributed by atoms with Crippen LogP contribution in [0.4, 0.5) is 5.69 Å². The first kappa shape index (κ1) is 18.7. The lowest BCUT2D eigenvalue weighted by Crippen LogP contribution is -2.35. The highest BCUT2D eigenvalue weighted by atomic mass is 35.5. The average molecular weight is 416 g/mol. The maximum absolute atomic E-state index is 12.6. The highest BCUT2D eigenvalue weighted by molar-refractivity contribution is 7.92. The van der Waals surface area contributed by atoms with Crippen LogP contribution < -0.4 is 10.1 Å². The molecular weight excluding hydrogens is 398 g/mol. The Hall–Kier alpha value is -2.64. The van der Waals surface area contributed by atoms with Crippen LogP contribution in [0.15, 0.2) is 70.7 Å². The molecule has 0 unspecified atom stereocenters. The van der Waals surface area contributed by atoms with Crippen molar-refractivity contribution >= 4 is 38.9 Å². The number of sulfonamides is 1. The molecule has 8 heteroatoms. The van der Waals surface area contributed by atoms with E-state index >= 15 is 0 Å². The van der Waals surface area contributed by atoms with E-state index in [-0.39, 0.29) is 10.5 Å². The van der Waals surface area contributed by atoms with Gasteiger partial charge in [-0.05, 0) is 61.2 Å². The van der Waals surface area contributed by atoms with E-state index in [2.05, 4.69) is 27.4 Å². The van der Waals surface area contributed by atoms with Crippen molar-refractivity contribution in [3.8, 4) is 0 Å². The van der Waals surface area contributed by atoms with Gasteiger partial charge in [0, 0.05) is 27.9 Å². The number of rotatable bonds is 5. The molecule has 2 N–H and O–H groups in total. The number of halogens is 1. The summed E-state index contributed by atoms with van der Waals surface area (Å²) in [7, 11) is -3.84. The molecule has 6 nitrogen and oxygen atoms in total. The molecule has 4 rings (SSSR count). The first-order chi connectivity index (χ1) is 13.4. The van der Waals surface area contributed by atoms with Crippen LogP contribution in [0, 0.1) is 11.8 Å². The van der Waals surface area contributed by atoms with Gasteiger partial charge < -0.3 is 0 Å². The van der Waals surface area contributed by atoms with Crippen LogP contribution >= 0.6 is 11.6 Å². The van der Waals surface area contributed by atoms with E-state index in [4.69, 9.17) is 11.6 Å². The molecule has 1 fully saturated rings. The van der Waals surface area contributed by atoms with Gasteiger partial charge in [-0.2, -0.15) is 5.10 Å².